The monoisotopic (exact) mass is 267 g/mol. The Balaban J connectivity index is 1.99. The maximum atomic E-state index is 11.8. The van der Waals surface area contributed by atoms with Crippen LogP contribution in [-0.2, 0) is 16.0 Å². The number of benzene rings is 1. The van der Waals surface area contributed by atoms with Gasteiger partial charge in [-0.25, -0.2) is 0 Å². The highest BCUT2D eigenvalue weighted by molar-refractivity contribution is 6.21. The van der Waals surface area contributed by atoms with Gasteiger partial charge in [-0.15, -0.1) is 11.6 Å². The fourth-order valence-corrected chi connectivity index (χ4v) is 2.54. The molecule has 4 heteroatoms. The molecule has 2 unspecified atom stereocenters. The molecule has 0 saturated heterocycles. The van der Waals surface area contributed by atoms with Crippen molar-refractivity contribution in [2.75, 3.05) is 6.61 Å². The zero-order valence-corrected chi connectivity index (χ0v) is 11.4. The van der Waals surface area contributed by atoms with Crippen LogP contribution in [0, 0.1) is 0 Å². The molecule has 0 saturated carbocycles. The Hall–Kier alpha value is -1.06. The van der Waals surface area contributed by atoms with Crippen molar-refractivity contribution < 1.29 is 9.53 Å². The van der Waals surface area contributed by atoms with Crippen LogP contribution in [0.4, 0.5) is 0 Å². The molecule has 0 bridgehead atoms. The summed E-state index contributed by atoms with van der Waals surface area (Å²) in [5.41, 5.74) is 2.34. The molecule has 3 nitrogen and oxygen atoms in total. The second kappa shape index (κ2) is 5.72. The summed E-state index contributed by atoms with van der Waals surface area (Å²) in [5.74, 6) is -0.115. The summed E-state index contributed by atoms with van der Waals surface area (Å²) < 4.78 is 5.28. The summed E-state index contributed by atoms with van der Waals surface area (Å²) in [4.78, 5) is 11.8. The van der Waals surface area contributed by atoms with Gasteiger partial charge in [0, 0.05) is 0 Å². The first-order chi connectivity index (χ1) is 8.58. The van der Waals surface area contributed by atoms with Crippen LogP contribution in [-0.4, -0.2) is 24.0 Å². The summed E-state index contributed by atoms with van der Waals surface area (Å²) in [5, 5.41) is 2.87. The molecule has 1 aliphatic carbocycles. The lowest BCUT2D eigenvalue weighted by atomic mass is 10.1. The summed E-state index contributed by atoms with van der Waals surface area (Å²) in [6.45, 7) is 3.89. The topological polar surface area (TPSA) is 38.3 Å². The molecule has 2 atom stereocenters. The fourth-order valence-electron chi connectivity index (χ4n) is 2.17. The number of amides is 1. The standard InChI is InChI=1S/C14H18ClNO2/c1-9(2)18-8-13(17)16-14-11-6-4-3-5-10(11)7-12(14)15/h3-6,9,12,14H,7-8H2,1-2H3,(H,16,17). The molecule has 0 aliphatic heterocycles. The molecule has 0 aromatic heterocycles. The molecule has 1 aromatic carbocycles. The van der Waals surface area contributed by atoms with Gasteiger partial charge in [-0.3, -0.25) is 4.79 Å². The van der Waals surface area contributed by atoms with E-state index >= 15 is 0 Å². The van der Waals surface area contributed by atoms with E-state index in [9.17, 15) is 4.79 Å². The number of carbonyl (C=O) groups excluding carboxylic acids is 1. The molecule has 2 rings (SSSR count). The first-order valence-electron chi connectivity index (χ1n) is 6.20. The molecule has 0 fully saturated rings. The van der Waals surface area contributed by atoms with Gasteiger partial charge in [0.25, 0.3) is 0 Å². The van der Waals surface area contributed by atoms with Crippen LogP contribution < -0.4 is 5.32 Å². The maximum Gasteiger partial charge on any atom is 0.246 e. The second-order valence-electron chi connectivity index (χ2n) is 4.82. The van der Waals surface area contributed by atoms with Crippen molar-refractivity contribution in [2.45, 2.75) is 37.8 Å². The predicted octanol–water partition coefficient (Wildman–Crippen LogP) is 2.43. The van der Waals surface area contributed by atoms with Crippen molar-refractivity contribution in [3.63, 3.8) is 0 Å². The van der Waals surface area contributed by atoms with Gasteiger partial charge in [0.15, 0.2) is 0 Å². The Bertz CT molecular complexity index is 434. The van der Waals surface area contributed by atoms with Crippen molar-refractivity contribution in [3.05, 3.63) is 35.4 Å². The van der Waals surface area contributed by atoms with Gasteiger partial charge >= 0.3 is 0 Å². The van der Waals surface area contributed by atoms with Crippen LogP contribution in [0.25, 0.3) is 0 Å². The molecule has 1 N–H and O–H groups in total. The van der Waals surface area contributed by atoms with Crippen molar-refractivity contribution >= 4 is 17.5 Å². The van der Waals surface area contributed by atoms with Crippen LogP contribution >= 0.6 is 11.6 Å². The molecular weight excluding hydrogens is 250 g/mol. The van der Waals surface area contributed by atoms with E-state index in [4.69, 9.17) is 16.3 Å². The van der Waals surface area contributed by atoms with Crippen LogP contribution in [0.2, 0.25) is 0 Å². The summed E-state index contributed by atoms with van der Waals surface area (Å²) >= 11 is 6.29. The molecule has 1 aliphatic rings. The van der Waals surface area contributed by atoms with E-state index in [0.717, 1.165) is 12.0 Å². The SMILES string of the molecule is CC(C)OCC(=O)NC1c2ccccc2CC1Cl. The van der Waals surface area contributed by atoms with E-state index < -0.39 is 0 Å². The fraction of sp³-hybridized carbons (Fsp3) is 0.500. The quantitative estimate of drug-likeness (QED) is 0.851. The Kier molecular flexibility index (Phi) is 4.25. The number of hydrogen-bond acceptors (Lipinski definition) is 2. The average molecular weight is 268 g/mol. The van der Waals surface area contributed by atoms with E-state index in [1.807, 2.05) is 32.0 Å². The van der Waals surface area contributed by atoms with E-state index in [0.29, 0.717) is 0 Å². The number of rotatable bonds is 4. The van der Waals surface area contributed by atoms with Gasteiger partial charge in [0.2, 0.25) is 5.91 Å². The van der Waals surface area contributed by atoms with Gasteiger partial charge < -0.3 is 10.1 Å². The Morgan fingerprint density at radius 2 is 2.22 bits per heavy atom. The van der Waals surface area contributed by atoms with Crippen molar-refractivity contribution in [2.24, 2.45) is 0 Å². The average Bonchev–Trinajstić information content (AvgIpc) is 2.64. The van der Waals surface area contributed by atoms with E-state index in [2.05, 4.69) is 11.4 Å². The maximum absolute atomic E-state index is 11.8. The summed E-state index contributed by atoms with van der Waals surface area (Å²) in [7, 11) is 0. The van der Waals surface area contributed by atoms with Gasteiger partial charge in [0.05, 0.1) is 17.5 Å². The Morgan fingerprint density at radius 1 is 1.50 bits per heavy atom. The molecule has 18 heavy (non-hydrogen) atoms. The highest BCUT2D eigenvalue weighted by Crippen LogP contribution is 2.34. The van der Waals surface area contributed by atoms with Gasteiger partial charge in [-0.2, -0.15) is 0 Å². The Morgan fingerprint density at radius 3 is 2.94 bits per heavy atom. The van der Waals surface area contributed by atoms with Crippen molar-refractivity contribution in [3.8, 4) is 0 Å². The van der Waals surface area contributed by atoms with Gasteiger partial charge in [0.1, 0.15) is 6.61 Å². The summed E-state index contributed by atoms with van der Waals surface area (Å²) in [6.07, 6.45) is 0.853. The van der Waals surface area contributed by atoms with Crippen LogP contribution in [0.3, 0.4) is 0 Å². The van der Waals surface area contributed by atoms with Gasteiger partial charge in [-0.05, 0) is 31.4 Å². The zero-order valence-electron chi connectivity index (χ0n) is 10.7. The highest BCUT2D eigenvalue weighted by atomic mass is 35.5. The largest absolute Gasteiger partial charge is 0.369 e. The zero-order chi connectivity index (χ0) is 13.1. The number of carbonyl (C=O) groups is 1. The van der Waals surface area contributed by atoms with E-state index in [-0.39, 0.29) is 30.0 Å². The third-order valence-corrected chi connectivity index (χ3v) is 3.44. The third-order valence-electron chi connectivity index (χ3n) is 3.03. The second-order valence-corrected chi connectivity index (χ2v) is 5.38. The lowest BCUT2D eigenvalue weighted by Crippen LogP contribution is -2.35. The number of hydrogen-bond donors (Lipinski definition) is 1. The van der Waals surface area contributed by atoms with E-state index in [1.165, 1.54) is 5.56 Å². The number of alkyl halides is 1. The molecule has 0 radical (unpaired) electrons. The first-order valence-corrected chi connectivity index (χ1v) is 6.64. The number of nitrogens with one attached hydrogen (secondary N) is 1. The van der Waals surface area contributed by atoms with Crippen molar-refractivity contribution in [1.82, 2.24) is 5.32 Å². The molecule has 0 spiro atoms. The molecular formula is C14H18ClNO2. The highest BCUT2D eigenvalue weighted by Gasteiger charge is 2.31. The number of ether oxygens (including phenoxy) is 1. The first kappa shape index (κ1) is 13.4. The van der Waals surface area contributed by atoms with Gasteiger partial charge in [-0.1, -0.05) is 24.3 Å². The predicted molar refractivity (Wildman–Crippen MR) is 71.8 cm³/mol. The molecule has 1 amide bonds. The number of fused-ring (bicyclic) bond motifs is 1. The minimum absolute atomic E-state index is 0.0541. The van der Waals surface area contributed by atoms with Crippen LogP contribution in [0.5, 0.6) is 0 Å². The van der Waals surface area contributed by atoms with Crippen molar-refractivity contribution in [1.29, 1.82) is 0 Å². The normalized spacial score (nSPS) is 22.0. The molecule has 98 valence electrons. The summed E-state index contributed by atoms with van der Waals surface area (Å²) in [6, 6.07) is 7.94. The van der Waals surface area contributed by atoms with Crippen LogP contribution in [0.15, 0.2) is 24.3 Å². The lowest BCUT2D eigenvalue weighted by Gasteiger charge is -2.18. The minimum Gasteiger partial charge on any atom is -0.369 e. The smallest absolute Gasteiger partial charge is 0.246 e. The van der Waals surface area contributed by atoms with E-state index in [1.54, 1.807) is 0 Å². The molecule has 0 heterocycles. The Labute approximate surface area is 112 Å². The molecule has 1 aromatic rings. The lowest BCUT2D eigenvalue weighted by molar-refractivity contribution is -0.127. The number of halogens is 1. The minimum atomic E-state index is -0.115. The third kappa shape index (κ3) is 3.03. The van der Waals surface area contributed by atoms with Crippen LogP contribution in [0.1, 0.15) is 31.0 Å².